The fourth-order valence-electron chi connectivity index (χ4n) is 2.48. The van der Waals surface area contributed by atoms with E-state index in [0.29, 0.717) is 12.6 Å². The Morgan fingerprint density at radius 1 is 1.14 bits per heavy atom. The molecule has 0 aromatic carbocycles. The smallest absolute Gasteiger partial charge is 0.407 e. The number of carbonyl (C=O) groups is 1. The lowest BCUT2D eigenvalue weighted by atomic mass is 9.94. The van der Waals surface area contributed by atoms with Crippen LogP contribution in [0.4, 0.5) is 4.79 Å². The van der Waals surface area contributed by atoms with Gasteiger partial charge in [0.1, 0.15) is 5.60 Å². The Morgan fingerprint density at radius 2 is 1.68 bits per heavy atom. The maximum absolute atomic E-state index is 11.8. The largest absolute Gasteiger partial charge is 0.444 e. The average Bonchev–Trinajstić information content (AvgIpc) is 2.44. The first kappa shape index (κ1) is 20.0. The van der Waals surface area contributed by atoms with Gasteiger partial charge in [-0.05, 0) is 53.4 Å². The quantitative estimate of drug-likeness (QED) is 0.519. The number of alkyl halides is 1. The number of hydrogen-bond donors (Lipinski definition) is 1. The van der Waals surface area contributed by atoms with Crippen LogP contribution < -0.4 is 5.32 Å². The molecule has 0 aromatic heterocycles. The maximum atomic E-state index is 11.8. The first-order valence-corrected chi connectivity index (χ1v) is 9.43. The third-order valence-electron chi connectivity index (χ3n) is 3.69. The molecule has 0 bridgehead atoms. The Hall–Kier alpha value is -0.0800. The minimum absolute atomic E-state index is 0.242. The topological polar surface area (TPSA) is 56.8 Å². The molecular weight excluding hydrogens is 397 g/mol. The molecule has 0 aliphatic heterocycles. The molecule has 0 heterocycles. The van der Waals surface area contributed by atoms with Crippen LogP contribution in [0, 0.1) is 0 Å². The molecule has 0 radical (unpaired) electrons. The number of alkyl carbamates (subject to hydrolysis) is 1. The molecule has 1 N–H and O–H groups in total. The molecular formula is C16H30INO4. The highest BCUT2D eigenvalue weighted by atomic mass is 127. The summed E-state index contributed by atoms with van der Waals surface area (Å²) in [5.41, 5.74) is -0.855. The van der Waals surface area contributed by atoms with Gasteiger partial charge in [-0.15, -0.1) is 0 Å². The first-order chi connectivity index (χ1) is 10.2. The van der Waals surface area contributed by atoms with Crippen molar-refractivity contribution in [2.75, 3.05) is 18.1 Å². The minimum atomic E-state index is -0.482. The van der Waals surface area contributed by atoms with E-state index in [-0.39, 0.29) is 11.7 Å². The number of nitrogens with one attached hydrogen (secondary N) is 1. The van der Waals surface area contributed by atoms with Crippen molar-refractivity contribution in [3.05, 3.63) is 0 Å². The van der Waals surface area contributed by atoms with Crippen molar-refractivity contribution >= 4 is 28.7 Å². The molecule has 1 unspecified atom stereocenters. The summed E-state index contributed by atoms with van der Waals surface area (Å²) in [6.07, 6.45) is 4.32. The zero-order valence-corrected chi connectivity index (χ0v) is 16.6. The van der Waals surface area contributed by atoms with Crippen LogP contribution in [0.15, 0.2) is 0 Å². The van der Waals surface area contributed by atoms with E-state index in [2.05, 4.69) is 27.9 Å². The van der Waals surface area contributed by atoms with Gasteiger partial charge in [0.05, 0.1) is 24.4 Å². The van der Waals surface area contributed by atoms with Crippen molar-refractivity contribution in [1.82, 2.24) is 5.32 Å². The molecule has 6 heteroatoms. The van der Waals surface area contributed by atoms with E-state index in [9.17, 15) is 4.79 Å². The number of amides is 1. The van der Waals surface area contributed by atoms with Gasteiger partial charge < -0.3 is 19.5 Å². The van der Waals surface area contributed by atoms with Gasteiger partial charge >= 0.3 is 6.09 Å². The van der Waals surface area contributed by atoms with E-state index >= 15 is 0 Å². The van der Waals surface area contributed by atoms with Gasteiger partial charge in [0, 0.05) is 11.5 Å². The summed E-state index contributed by atoms with van der Waals surface area (Å²) in [6.45, 7) is 8.06. The van der Waals surface area contributed by atoms with Crippen molar-refractivity contribution < 1.29 is 19.0 Å². The van der Waals surface area contributed by atoms with Gasteiger partial charge in [0.25, 0.3) is 0 Å². The van der Waals surface area contributed by atoms with E-state index in [1.165, 1.54) is 0 Å². The fourth-order valence-corrected chi connectivity index (χ4v) is 2.93. The van der Waals surface area contributed by atoms with E-state index < -0.39 is 11.7 Å². The summed E-state index contributed by atoms with van der Waals surface area (Å²) in [4.78, 5) is 11.8. The van der Waals surface area contributed by atoms with Gasteiger partial charge in [-0.2, -0.15) is 0 Å². The van der Waals surface area contributed by atoms with Crippen LogP contribution in [-0.4, -0.2) is 47.6 Å². The van der Waals surface area contributed by atoms with Gasteiger partial charge in [0.15, 0.2) is 0 Å². The van der Waals surface area contributed by atoms with Crippen molar-refractivity contribution in [1.29, 1.82) is 0 Å². The van der Waals surface area contributed by atoms with E-state index in [0.717, 1.165) is 30.1 Å². The predicted octanol–water partition coefficient (Wildman–Crippen LogP) is 3.68. The molecule has 1 amide bonds. The highest BCUT2D eigenvalue weighted by Crippen LogP contribution is 2.27. The van der Waals surface area contributed by atoms with Crippen LogP contribution in [0.25, 0.3) is 0 Å². The summed E-state index contributed by atoms with van der Waals surface area (Å²) < 4.78 is 17.7. The summed E-state index contributed by atoms with van der Waals surface area (Å²) in [5.74, 6) is 0. The monoisotopic (exact) mass is 427 g/mol. The molecule has 22 heavy (non-hydrogen) atoms. The second kappa shape index (κ2) is 8.68. The van der Waals surface area contributed by atoms with Crippen molar-refractivity contribution in [3.8, 4) is 0 Å². The minimum Gasteiger partial charge on any atom is -0.444 e. The Kier molecular flexibility index (Phi) is 7.88. The molecule has 0 aromatic rings. The summed E-state index contributed by atoms with van der Waals surface area (Å²) >= 11 is 2.31. The zero-order chi connectivity index (χ0) is 16.8. The normalized spacial score (nSPS) is 25.4. The van der Waals surface area contributed by atoms with Crippen molar-refractivity contribution in [3.63, 3.8) is 0 Å². The average molecular weight is 427 g/mol. The lowest BCUT2D eigenvalue weighted by Gasteiger charge is -2.36. The van der Waals surface area contributed by atoms with Crippen LogP contribution in [0.3, 0.4) is 0 Å². The van der Waals surface area contributed by atoms with E-state index in [1.807, 2.05) is 27.7 Å². The summed E-state index contributed by atoms with van der Waals surface area (Å²) in [7, 11) is 1.77. The van der Waals surface area contributed by atoms with Gasteiger partial charge in [-0.25, -0.2) is 4.79 Å². The van der Waals surface area contributed by atoms with Crippen LogP contribution in [0.2, 0.25) is 0 Å². The molecule has 1 rings (SSSR count). The maximum Gasteiger partial charge on any atom is 0.407 e. The highest BCUT2D eigenvalue weighted by molar-refractivity contribution is 14.1. The Bertz CT molecular complexity index is 351. The predicted molar refractivity (Wildman–Crippen MR) is 95.7 cm³/mol. The highest BCUT2D eigenvalue weighted by Gasteiger charge is 2.31. The van der Waals surface area contributed by atoms with Crippen LogP contribution in [-0.2, 0) is 14.2 Å². The first-order valence-electron chi connectivity index (χ1n) is 7.91. The standard InChI is InChI=1S/C16H30INO4/c1-15(2,3)22-14(19)18-11-16(4,10-17)21-13-8-6-12(20-5)7-9-13/h12-13H,6-11H2,1-5H3,(H,18,19). The number of ether oxygens (including phenoxy) is 3. The van der Waals surface area contributed by atoms with Crippen LogP contribution in [0.1, 0.15) is 53.4 Å². The summed E-state index contributed by atoms with van der Waals surface area (Å²) in [5, 5.41) is 2.82. The van der Waals surface area contributed by atoms with Gasteiger partial charge in [-0.1, -0.05) is 22.6 Å². The third-order valence-corrected chi connectivity index (χ3v) is 5.31. The molecule has 1 aliphatic rings. The van der Waals surface area contributed by atoms with Crippen molar-refractivity contribution in [2.45, 2.75) is 76.8 Å². The van der Waals surface area contributed by atoms with Crippen LogP contribution >= 0.6 is 22.6 Å². The molecule has 130 valence electrons. The SMILES string of the molecule is COC1CCC(OC(C)(CI)CNC(=O)OC(C)(C)C)CC1. The second-order valence-electron chi connectivity index (χ2n) is 7.19. The molecule has 1 atom stereocenters. The van der Waals surface area contributed by atoms with Crippen molar-refractivity contribution in [2.24, 2.45) is 0 Å². The molecule has 1 saturated carbocycles. The van der Waals surface area contributed by atoms with Gasteiger partial charge in [0.2, 0.25) is 0 Å². The third kappa shape index (κ3) is 7.46. The summed E-state index contributed by atoms with van der Waals surface area (Å²) in [6, 6.07) is 0. The number of methoxy groups -OCH3 is 1. The molecule has 5 nitrogen and oxygen atoms in total. The number of rotatable bonds is 6. The molecule has 0 spiro atoms. The van der Waals surface area contributed by atoms with Gasteiger partial charge in [-0.3, -0.25) is 0 Å². The van der Waals surface area contributed by atoms with E-state index in [1.54, 1.807) is 7.11 Å². The Morgan fingerprint density at radius 3 is 2.14 bits per heavy atom. The van der Waals surface area contributed by atoms with Crippen LogP contribution in [0.5, 0.6) is 0 Å². The lowest BCUT2D eigenvalue weighted by molar-refractivity contribution is -0.0928. The number of carbonyl (C=O) groups excluding carboxylic acids is 1. The second-order valence-corrected chi connectivity index (χ2v) is 7.95. The number of halogens is 1. The fraction of sp³-hybridized carbons (Fsp3) is 0.938. The Labute approximate surface area is 148 Å². The Balaban J connectivity index is 2.42. The number of hydrogen-bond acceptors (Lipinski definition) is 4. The zero-order valence-electron chi connectivity index (χ0n) is 14.4. The molecule has 1 aliphatic carbocycles. The molecule has 1 fully saturated rings. The van der Waals surface area contributed by atoms with E-state index in [4.69, 9.17) is 14.2 Å². The lowest BCUT2D eigenvalue weighted by Crippen LogP contribution is -2.48. The molecule has 0 saturated heterocycles.